The quantitative estimate of drug-likeness (QED) is 0.812. The maximum absolute atomic E-state index is 12.0. The van der Waals surface area contributed by atoms with Gasteiger partial charge >= 0.3 is 0 Å². The monoisotopic (exact) mass is 251 g/mol. The zero-order valence-corrected chi connectivity index (χ0v) is 11.2. The number of hydrogen-bond acceptors (Lipinski definition) is 4. The summed E-state index contributed by atoms with van der Waals surface area (Å²) in [6.45, 7) is 6.14. The van der Waals surface area contributed by atoms with Gasteiger partial charge in [-0.2, -0.15) is 0 Å². The highest BCUT2D eigenvalue weighted by atomic mass is 16.3. The van der Waals surface area contributed by atoms with Gasteiger partial charge in [0.05, 0.1) is 23.9 Å². The summed E-state index contributed by atoms with van der Waals surface area (Å²) in [6.07, 6.45) is 1.76. The Labute approximate surface area is 108 Å². The summed E-state index contributed by atoms with van der Waals surface area (Å²) >= 11 is 0. The molecule has 1 aromatic heterocycles. The molecule has 1 heterocycles. The molecule has 0 atom stereocenters. The summed E-state index contributed by atoms with van der Waals surface area (Å²) in [7, 11) is 0. The summed E-state index contributed by atoms with van der Waals surface area (Å²) in [5, 5.41) is 9.74. The van der Waals surface area contributed by atoms with E-state index in [9.17, 15) is 9.90 Å². The van der Waals surface area contributed by atoms with Crippen LogP contribution in [0.5, 0.6) is 0 Å². The first kappa shape index (κ1) is 14.4. The van der Waals surface area contributed by atoms with Crippen LogP contribution >= 0.6 is 0 Å². The average Bonchev–Trinajstić information content (AvgIpc) is 2.27. The molecule has 100 valence electrons. The van der Waals surface area contributed by atoms with Gasteiger partial charge in [-0.1, -0.05) is 0 Å². The molecule has 1 amide bonds. The smallest absolute Gasteiger partial charge is 0.228 e. The van der Waals surface area contributed by atoms with Crippen LogP contribution in [0.4, 0.5) is 5.69 Å². The molecule has 0 unspecified atom stereocenters. The molecule has 3 N–H and O–H groups in total. The Morgan fingerprint density at radius 3 is 2.61 bits per heavy atom. The van der Waals surface area contributed by atoms with Gasteiger partial charge in [-0.05, 0) is 32.9 Å². The lowest BCUT2D eigenvalue weighted by atomic mass is 10.1. The number of anilines is 1. The fourth-order valence-corrected chi connectivity index (χ4v) is 1.65. The third-order valence-corrected chi connectivity index (χ3v) is 2.49. The van der Waals surface area contributed by atoms with Gasteiger partial charge in [0.25, 0.3) is 0 Å². The average molecular weight is 251 g/mol. The van der Waals surface area contributed by atoms with E-state index in [0.29, 0.717) is 24.5 Å². The molecule has 0 saturated heterocycles. The van der Waals surface area contributed by atoms with Crippen LogP contribution in [0.15, 0.2) is 18.3 Å². The van der Waals surface area contributed by atoms with Crippen LogP contribution in [-0.2, 0) is 11.2 Å². The number of nitrogen functional groups attached to an aromatic ring is 1. The summed E-state index contributed by atoms with van der Waals surface area (Å²) in [5.74, 6) is -0.0445. The minimum absolute atomic E-state index is 0.0445. The lowest BCUT2D eigenvalue weighted by Crippen LogP contribution is -2.42. The molecule has 0 radical (unpaired) electrons. The number of nitrogens with two attached hydrogens (primary N) is 1. The first-order valence-corrected chi connectivity index (χ1v) is 6.02. The van der Waals surface area contributed by atoms with Crippen LogP contribution in [0.2, 0.25) is 0 Å². The first-order valence-electron chi connectivity index (χ1n) is 6.02. The molecule has 0 aliphatic carbocycles. The van der Waals surface area contributed by atoms with Gasteiger partial charge in [0.1, 0.15) is 0 Å². The van der Waals surface area contributed by atoms with Crippen molar-refractivity contribution in [2.45, 2.75) is 32.8 Å². The van der Waals surface area contributed by atoms with E-state index in [4.69, 9.17) is 5.73 Å². The molecule has 0 aliphatic heterocycles. The predicted molar refractivity (Wildman–Crippen MR) is 70.9 cm³/mol. The molecular weight excluding hydrogens is 230 g/mol. The highest BCUT2D eigenvalue weighted by Gasteiger charge is 2.21. The first-order chi connectivity index (χ1) is 8.31. The maximum Gasteiger partial charge on any atom is 0.228 e. The number of likely N-dealkylation sites (N-methyl/N-ethyl adjacent to an activating group) is 1. The van der Waals surface area contributed by atoms with Gasteiger partial charge in [-0.15, -0.1) is 0 Å². The van der Waals surface area contributed by atoms with Crippen molar-refractivity contribution in [3.05, 3.63) is 24.0 Å². The minimum Gasteiger partial charge on any atom is -0.397 e. The number of pyridine rings is 1. The number of carbonyl (C=O) groups excluding carboxylic acids is 1. The lowest BCUT2D eigenvalue weighted by molar-refractivity contribution is -0.133. The zero-order chi connectivity index (χ0) is 13.8. The Morgan fingerprint density at radius 1 is 1.50 bits per heavy atom. The third-order valence-electron chi connectivity index (χ3n) is 2.49. The fourth-order valence-electron chi connectivity index (χ4n) is 1.65. The third kappa shape index (κ3) is 4.71. The van der Waals surface area contributed by atoms with Crippen molar-refractivity contribution in [2.24, 2.45) is 0 Å². The van der Waals surface area contributed by atoms with E-state index in [-0.39, 0.29) is 12.3 Å². The summed E-state index contributed by atoms with van der Waals surface area (Å²) in [5.41, 5.74) is 5.91. The molecule has 0 aromatic carbocycles. The van der Waals surface area contributed by atoms with E-state index in [1.54, 1.807) is 30.9 Å². The Balaban J connectivity index is 2.65. The molecule has 18 heavy (non-hydrogen) atoms. The van der Waals surface area contributed by atoms with Crippen molar-refractivity contribution in [1.82, 2.24) is 9.88 Å². The van der Waals surface area contributed by atoms with Crippen LogP contribution in [-0.4, -0.2) is 39.6 Å². The van der Waals surface area contributed by atoms with E-state index in [1.165, 1.54) is 6.20 Å². The molecule has 0 bridgehead atoms. The highest BCUT2D eigenvalue weighted by Crippen LogP contribution is 2.08. The Kier molecular flexibility index (Phi) is 4.67. The molecule has 0 saturated carbocycles. The molecule has 1 rings (SSSR count). The van der Waals surface area contributed by atoms with Crippen molar-refractivity contribution >= 4 is 11.6 Å². The SMILES string of the molecule is CCN(CC(C)(C)O)C(=O)Cc1ccc(N)cn1. The van der Waals surface area contributed by atoms with Gasteiger partial charge in [-0.25, -0.2) is 0 Å². The molecule has 0 aliphatic rings. The zero-order valence-electron chi connectivity index (χ0n) is 11.2. The second-order valence-electron chi connectivity index (χ2n) is 4.98. The number of aromatic nitrogens is 1. The number of rotatable bonds is 5. The summed E-state index contributed by atoms with van der Waals surface area (Å²) in [6, 6.07) is 3.47. The van der Waals surface area contributed by atoms with Gasteiger partial charge in [0.2, 0.25) is 5.91 Å². The topological polar surface area (TPSA) is 79.5 Å². The van der Waals surface area contributed by atoms with Crippen LogP contribution in [0.25, 0.3) is 0 Å². The molecule has 0 fully saturated rings. The Bertz CT molecular complexity index is 396. The number of nitrogens with zero attached hydrogens (tertiary/aromatic N) is 2. The molecule has 5 nitrogen and oxygen atoms in total. The second kappa shape index (κ2) is 5.82. The number of hydrogen-bond donors (Lipinski definition) is 2. The van der Waals surface area contributed by atoms with E-state index in [1.807, 2.05) is 6.92 Å². The van der Waals surface area contributed by atoms with Gasteiger partial charge < -0.3 is 15.7 Å². The lowest BCUT2D eigenvalue weighted by Gasteiger charge is -2.28. The Morgan fingerprint density at radius 2 is 2.17 bits per heavy atom. The van der Waals surface area contributed by atoms with Gasteiger partial charge in [-0.3, -0.25) is 9.78 Å². The van der Waals surface area contributed by atoms with Crippen molar-refractivity contribution in [3.63, 3.8) is 0 Å². The van der Waals surface area contributed by atoms with Crippen LogP contribution in [0.1, 0.15) is 26.5 Å². The van der Waals surface area contributed by atoms with Crippen molar-refractivity contribution in [1.29, 1.82) is 0 Å². The maximum atomic E-state index is 12.0. The van der Waals surface area contributed by atoms with Crippen LogP contribution in [0, 0.1) is 0 Å². The Hall–Kier alpha value is -1.62. The number of carbonyl (C=O) groups is 1. The fraction of sp³-hybridized carbons (Fsp3) is 0.538. The van der Waals surface area contributed by atoms with E-state index in [2.05, 4.69) is 4.98 Å². The molecule has 1 aromatic rings. The van der Waals surface area contributed by atoms with Crippen LogP contribution in [0.3, 0.4) is 0 Å². The molecule has 0 spiro atoms. The highest BCUT2D eigenvalue weighted by molar-refractivity contribution is 5.78. The van der Waals surface area contributed by atoms with Gasteiger partial charge in [0, 0.05) is 18.8 Å². The van der Waals surface area contributed by atoms with Crippen molar-refractivity contribution < 1.29 is 9.90 Å². The van der Waals surface area contributed by atoms with Crippen molar-refractivity contribution in [3.8, 4) is 0 Å². The number of amides is 1. The largest absolute Gasteiger partial charge is 0.397 e. The van der Waals surface area contributed by atoms with E-state index >= 15 is 0 Å². The number of aliphatic hydroxyl groups is 1. The molecular formula is C13H21N3O2. The predicted octanol–water partition coefficient (Wildman–Crippen LogP) is 0.826. The standard InChI is InChI=1S/C13H21N3O2/c1-4-16(9-13(2,3)18)12(17)7-11-6-5-10(14)8-15-11/h5-6,8,18H,4,7,9,14H2,1-3H3. The van der Waals surface area contributed by atoms with Gasteiger partial charge in [0.15, 0.2) is 0 Å². The van der Waals surface area contributed by atoms with Crippen LogP contribution < -0.4 is 5.73 Å². The minimum atomic E-state index is -0.889. The summed E-state index contributed by atoms with van der Waals surface area (Å²) < 4.78 is 0. The second-order valence-corrected chi connectivity index (χ2v) is 4.98. The van der Waals surface area contributed by atoms with Crippen molar-refractivity contribution in [2.75, 3.05) is 18.8 Å². The normalized spacial score (nSPS) is 11.3. The molecule has 5 heteroatoms. The van der Waals surface area contributed by atoms with E-state index in [0.717, 1.165) is 0 Å². The summed E-state index contributed by atoms with van der Waals surface area (Å²) in [4.78, 5) is 17.8. The van der Waals surface area contributed by atoms with E-state index < -0.39 is 5.60 Å².